The van der Waals surface area contributed by atoms with Crippen LogP contribution in [0.15, 0.2) is 0 Å². The van der Waals surface area contributed by atoms with E-state index in [2.05, 4.69) is 17.4 Å². The van der Waals surface area contributed by atoms with Gasteiger partial charge in [-0.1, -0.05) is 0 Å². The van der Waals surface area contributed by atoms with Gasteiger partial charge >= 0.3 is 24.2 Å². The van der Waals surface area contributed by atoms with Crippen LogP contribution in [0.2, 0.25) is 0 Å². The first-order valence-corrected chi connectivity index (χ1v) is 7.41. The molecule has 1 rings (SSSR count). The molecular formula is C12H17F8NO2S. The van der Waals surface area contributed by atoms with E-state index in [1.54, 1.807) is 0 Å². The zero-order valence-electron chi connectivity index (χ0n) is 12.3. The molecule has 1 saturated heterocycles. The first-order valence-electron chi connectivity index (χ1n) is 6.89. The Bertz CT molecular complexity index is 393. The minimum Gasteiger partial charge on any atom is -0.379 e. The van der Waals surface area contributed by atoms with E-state index in [1.807, 2.05) is 4.90 Å². The lowest BCUT2D eigenvalue weighted by atomic mass is 10.1. The summed E-state index contributed by atoms with van der Waals surface area (Å²) in [7, 11) is 0. The van der Waals surface area contributed by atoms with E-state index in [-0.39, 0.29) is 6.54 Å². The number of thiol groups is 1. The van der Waals surface area contributed by atoms with Crippen molar-refractivity contribution in [1.29, 1.82) is 0 Å². The van der Waals surface area contributed by atoms with Crippen molar-refractivity contribution in [3.8, 4) is 0 Å². The number of ether oxygens (including phenoxy) is 2. The van der Waals surface area contributed by atoms with Crippen LogP contribution < -0.4 is 0 Å². The largest absolute Gasteiger partial charge is 0.380 e. The second kappa shape index (κ2) is 8.37. The molecule has 3 nitrogen and oxygen atoms in total. The summed E-state index contributed by atoms with van der Waals surface area (Å²) in [5.41, 5.74) is 0. The van der Waals surface area contributed by atoms with Gasteiger partial charge in [0.25, 0.3) is 0 Å². The van der Waals surface area contributed by atoms with Gasteiger partial charge in [-0.25, -0.2) is 8.78 Å². The highest BCUT2D eigenvalue weighted by Gasteiger charge is 2.75. The predicted octanol–water partition coefficient (Wildman–Crippen LogP) is 2.80. The van der Waals surface area contributed by atoms with Crippen molar-refractivity contribution in [2.24, 2.45) is 0 Å². The van der Waals surface area contributed by atoms with E-state index in [1.165, 1.54) is 0 Å². The van der Waals surface area contributed by atoms with E-state index in [9.17, 15) is 35.1 Å². The Morgan fingerprint density at radius 3 is 2.08 bits per heavy atom. The van der Waals surface area contributed by atoms with E-state index < -0.39 is 42.7 Å². The standard InChI is InChI=1S/C12H17F8NO2S/c13-9(14)11(17,18)12(19,20)10(15,16)7-23-6-8(24)5-21-1-3-22-4-2-21/h8-9,24H,1-7H2. The summed E-state index contributed by atoms with van der Waals surface area (Å²) >= 11 is 4.02. The van der Waals surface area contributed by atoms with E-state index in [4.69, 9.17) is 4.74 Å². The number of hydrogen-bond donors (Lipinski definition) is 1. The molecule has 0 aromatic heterocycles. The van der Waals surface area contributed by atoms with Crippen molar-refractivity contribution >= 4 is 12.6 Å². The Labute approximate surface area is 138 Å². The lowest BCUT2D eigenvalue weighted by Crippen LogP contribution is -2.59. The van der Waals surface area contributed by atoms with Crippen molar-refractivity contribution in [2.75, 3.05) is 46.1 Å². The molecule has 0 bridgehead atoms. The fourth-order valence-electron chi connectivity index (χ4n) is 1.93. The highest BCUT2D eigenvalue weighted by atomic mass is 32.1. The molecule has 12 heteroatoms. The maximum Gasteiger partial charge on any atom is 0.380 e. The van der Waals surface area contributed by atoms with Gasteiger partial charge in [0.1, 0.15) is 6.61 Å². The van der Waals surface area contributed by atoms with Crippen LogP contribution in [0.25, 0.3) is 0 Å². The van der Waals surface area contributed by atoms with Crippen LogP contribution in [-0.2, 0) is 9.47 Å². The van der Waals surface area contributed by atoms with E-state index in [0.29, 0.717) is 26.3 Å². The summed E-state index contributed by atoms with van der Waals surface area (Å²) in [5, 5.41) is -0.650. The minimum absolute atomic E-state index is 0.279. The third kappa shape index (κ3) is 5.09. The Kier molecular flexibility index (Phi) is 7.57. The van der Waals surface area contributed by atoms with Crippen LogP contribution in [-0.4, -0.2) is 80.4 Å². The second-order valence-corrected chi connectivity index (χ2v) is 6.01. The van der Waals surface area contributed by atoms with Crippen LogP contribution >= 0.6 is 12.6 Å². The summed E-state index contributed by atoms with van der Waals surface area (Å²) in [6.07, 6.45) is -4.93. The maximum absolute atomic E-state index is 13.2. The maximum atomic E-state index is 13.2. The lowest BCUT2D eigenvalue weighted by Gasteiger charge is -2.32. The smallest absolute Gasteiger partial charge is 0.379 e. The Hall–Kier alpha value is -0.330. The van der Waals surface area contributed by atoms with Crippen molar-refractivity contribution in [1.82, 2.24) is 4.90 Å². The van der Waals surface area contributed by atoms with Crippen molar-refractivity contribution < 1.29 is 44.6 Å². The van der Waals surface area contributed by atoms with Crippen LogP contribution in [0, 0.1) is 0 Å². The molecule has 0 N–H and O–H groups in total. The second-order valence-electron chi connectivity index (χ2n) is 5.28. The lowest BCUT2D eigenvalue weighted by molar-refractivity contribution is -0.345. The Morgan fingerprint density at radius 1 is 1.04 bits per heavy atom. The van der Waals surface area contributed by atoms with Gasteiger partial charge in [-0.15, -0.1) is 0 Å². The topological polar surface area (TPSA) is 21.7 Å². The molecule has 0 aromatic rings. The highest BCUT2D eigenvalue weighted by Crippen LogP contribution is 2.48. The first kappa shape index (κ1) is 21.7. The number of morpholine rings is 1. The van der Waals surface area contributed by atoms with Crippen molar-refractivity contribution in [3.63, 3.8) is 0 Å². The molecule has 0 aromatic carbocycles. The summed E-state index contributed by atoms with van der Waals surface area (Å²) < 4.78 is 111. The summed E-state index contributed by atoms with van der Waals surface area (Å²) in [6, 6.07) is 0. The number of hydrogen-bond acceptors (Lipinski definition) is 4. The van der Waals surface area contributed by atoms with Crippen LogP contribution in [0.3, 0.4) is 0 Å². The summed E-state index contributed by atoms with van der Waals surface area (Å²) in [4.78, 5) is 1.86. The van der Waals surface area contributed by atoms with Crippen LogP contribution in [0.1, 0.15) is 0 Å². The van der Waals surface area contributed by atoms with Gasteiger partial charge in [0, 0.05) is 24.9 Å². The van der Waals surface area contributed by atoms with Gasteiger partial charge in [-0.3, -0.25) is 4.90 Å². The van der Waals surface area contributed by atoms with Crippen LogP contribution in [0.4, 0.5) is 35.1 Å². The van der Waals surface area contributed by atoms with Crippen molar-refractivity contribution in [3.05, 3.63) is 0 Å². The Morgan fingerprint density at radius 2 is 1.58 bits per heavy atom. The van der Waals surface area contributed by atoms with Gasteiger partial charge in [-0.05, 0) is 0 Å². The summed E-state index contributed by atoms with van der Waals surface area (Å²) in [5.74, 6) is -17.9. The predicted molar refractivity (Wildman–Crippen MR) is 71.7 cm³/mol. The molecule has 144 valence electrons. The number of nitrogens with zero attached hydrogens (tertiary/aromatic N) is 1. The van der Waals surface area contributed by atoms with Crippen LogP contribution in [0.5, 0.6) is 0 Å². The molecule has 0 saturated carbocycles. The number of rotatable bonds is 9. The number of alkyl halides is 8. The van der Waals surface area contributed by atoms with Gasteiger partial charge in [0.15, 0.2) is 0 Å². The molecule has 0 radical (unpaired) electrons. The molecule has 1 heterocycles. The fraction of sp³-hybridized carbons (Fsp3) is 1.00. The third-order valence-corrected chi connectivity index (χ3v) is 3.63. The molecule has 1 aliphatic rings. The first-order chi connectivity index (χ1) is 10.9. The molecule has 24 heavy (non-hydrogen) atoms. The van der Waals surface area contributed by atoms with Crippen molar-refractivity contribution in [2.45, 2.75) is 29.4 Å². The quantitative estimate of drug-likeness (QED) is 0.483. The normalized spacial score (nSPS) is 19.8. The molecule has 0 amide bonds. The minimum atomic E-state index is -6.25. The van der Waals surface area contributed by atoms with Gasteiger partial charge in [-0.2, -0.15) is 39.0 Å². The summed E-state index contributed by atoms with van der Waals surface area (Å²) in [6.45, 7) is -0.322. The van der Waals surface area contributed by atoms with E-state index >= 15 is 0 Å². The Balaban J connectivity index is 2.49. The average molecular weight is 391 g/mol. The van der Waals surface area contributed by atoms with Gasteiger partial charge in [0.05, 0.1) is 19.8 Å². The molecule has 1 fully saturated rings. The molecule has 1 unspecified atom stereocenters. The molecule has 1 aliphatic heterocycles. The average Bonchev–Trinajstić information content (AvgIpc) is 2.47. The molecule has 0 spiro atoms. The fourth-order valence-corrected chi connectivity index (χ4v) is 2.27. The van der Waals surface area contributed by atoms with E-state index in [0.717, 1.165) is 0 Å². The molecule has 0 aliphatic carbocycles. The SMILES string of the molecule is FC(F)C(F)(F)C(F)(F)C(F)(F)COCC(S)CN1CCOCC1. The van der Waals surface area contributed by atoms with Gasteiger partial charge < -0.3 is 9.47 Å². The molecular weight excluding hydrogens is 374 g/mol. The highest BCUT2D eigenvalue weighted by molar-refractivity contribution is 7.81. The molecule has 1 atom stereocenters. The zero-order valence-corrected chi connectivity index (χ0v) is 13.2. The number of halogens is 8. The monoisotopic (exact) mass is 391 g/mol. The zero-order chi connectivity index (χ0) is 18.6. The van der Waals surface area contributed by atoms with Gasteiger partial charge in [0.2, 0.25) is 0 Å². The third-order valence-electron chi connectivity index (χ3n) is 3.32.